The molecular weight excluding hydrogens is 494 g/mol. The van der Waals surface area contributed by atoms with E-state index >= 15 is 0 Å². The first-order valence-electron chi connectivity index (χ1n) is 11.1. The molecule has 3 N–H and O–H groups in total. The van der Waals surface area contributed by atoms with Crippen molar-refractivity contribution >= 4 is 51.1 Å². The minimum absolute atomic E-state index is 0.0403. The first kappa shape index (κ1) is 23.6. The fraction of sp³-hybridized carbons (Fsp3) is 0.609. The fourth-order valence-corrected chi connectivity index (χ4v) is 9.26. The van der Waals surface area contributed by atoms with Gasteiger partial charge in [0.25, 0.3) is 0 Å². The predicted molar refractivity (Wildman–Crippen MR) is 129 cm³/mol. The molecule has 3 unspecified atom stereocenters. The SMILES string of the molecule is CCCNC(=O)[C@H]1[C@H]2C(=O)N(CCO)C(C(=O)Nc3c(C)cccc3C)C23CC(Br)[C@@H]1S3. The van der Waals surface area contributed by atoms with Crippen molar-refractivity contribution in [2.75, 3.05) is 25.0 Å². The van der Waals surface area contributed by atoms with Crippen LogP contribution in [0.5, 0.6) is 0 Å². The summed E-state index contributed by atoms with van der Waals surface area (Å²) in [6.07, 6.45) is 1.44. The Morgan fingerprint density at radius 3 is 2.59 bits per heavy atom. The van der Waals surface area contributed by atoms with Gasteiger partial charge in [0.15, 0.2) is 0 Å². The lowest BCUT2D eigenvalue weighted by Crippen LogP contribution is -2.53. The zero-order chi connectivity index (χ0) is 23.2. The topological polar surface area (TPSA) is 98.7 Å². The molecular formula is C23H30BrN3O4S. The van der Waals surface area contributed by atoms with Crippen LogP contribution in [-0.4, -0.2) is 68.3 Å². The van der Waals surface area contributed by atoms with Gasteiger partial charge in [-0.15, -0.1) is 11.8 Å². The van der Waals surface area contributed by atoms with Crippen molar-refractivity contribution in [1.82, 2.24) is 10.2 Å². The summed E-state index contributed by atoms with van der Waals surface area (Å²) >= 11 is 5.34. The second kappa shape index (κ2) is 8.99. The van der Waals surface area contributed by atoms with E-state index in [0.717, 1.165) is 23.2 Å². The maximum Gasteiger partial charge on any atom is 0.248 e. The van der Waals surface area contributed by atoms with Crippen molar-refractivity contribution < 1.29 is 19.5 Å². The molecule has 1 spiro atoms. The molecule has 7 nitrogen and oxygen atoms in total. The largest absolute Gasteiger partial charge is 0.395 e. The van der Waals surface area contributed by atoms with Crippen molar-refractivity contribution in [3.8, 4) is 0 Å². The Morgan fingerprint density at radius 2 is 1.97 bits per heavy atom. The summed E-state index contributed by atoms with van der Waals surface area (Å²) in [5, 5.41) is 15.6. The number of hydrogen-bond donors (Lipinski definition) is 3. The van der Waals surface area contributed by atoms with E-state index in [1.54, 1.807) is 11.8 Å². The maximum atomic E-state index is 13.7. The lowest BCUT2D eigenvalue weighted by molar-refractivity contribution is -0.139. The lowest BCUT2D eigenvalue weighted by Gasteiger charge is -2.35. The molecule has 0 saturated carbocycles. The third-order valence-corrected chi connectivity index (χ3v) is 10.2. The number of β-amino-alcohol motifs (C(OH)–C–C–N with tert-alkyl or cyclic N) is 1. The number of hydrogen-bond acceptors (Lipinski definition) is 5. The van der Waals surface area contributed by atoms with E-state index in [-0.39, 0.29) is 41.0 Å². The summed E-state index contributed by atoms with van der Waals surface area (Å²) in [7, 11) is 0. The summed E-state index contributed by atoms with van der Waals surface area (Å²) in [6, 6.07) is 5.07. The number of aryl methyl sites for hydroxylation is 2. The van der Waals surface area contributed by atoms with Crippen molar-refractivity contribution in [3.63, 3.8) is 0 Å². The zero-order valence-electron chi connectivity index (χ0n) is 18.6. The summed E-state index contributed by atoms with van der Waals surface area (Å²) in [4.78, 5) is 41.9. The Morgan fingerprint density at radius 1 is 1.28 bits per heavy atom. The van der Waals surface area contributed by atoms with E-state index in [4.69, 9.17) is 0 Å². The number of thioether (sulfide) groups is 1. The Labute approximate surface area is 201 Å². The van der Waals surface area contributed by atoms with Crippen LogP contribution in [0.1, 0.15) is 30.9 Å². The molecule has 3 amide bonds. The number of fused-ring (bicyclic) bond motifs is 1. The number of para-hydroxylation sites is 1. The molecule has 0 radical (unpaired) electrons. The van der Waals surface area contributed by atoms with Gasteiger partial charge in [0.1, 0.15) is 6.04 Å². The number of benzene rings is 1. The summed E-state index contributed by atoms with van der Waals surface area (Å²) in [5.74, 6) is -1.63. The number of anilines is 1. The van der Waals surface area contributed by atoms with Crippen molar-refractivity contribution in [2.24, 2.45) is 11.8 Å². The van der Waals surface area contributed by atoms with Crippen LogP contribution >= 0.6 is 27.7 Å². The highest BCUT2D eigenvalue weighted by atomic mass is 79.9. The van der Waals surface area contributed by atoms with Crippen molar-refractivity contribution in [2.45, 2.75) is 54.5 Å². The monoisotopic (exact) mass is 523 g/mol. The van der Waals surface area contributed by atoms with E-state index in [2.05, 4.69) is 26.6 Å². The number of rotatable bonds is 7. The van der Waals surface area contributed by atoms with E-state index in [9.17, 15) is 19.5 Å². The quantitative estimate of drug-likeness (QED) is 0.476. The van der Waals surface area contributed by atoms with Crippen molar-refractivity contribution in [1.29, 1.82) is 0 Å². The average Bonchev–Trinajstić information content (AvgIpc) is 3.33. The Kier molecular flexibility index (Phi) is 6.62. The number of aliphatic hydroxyl groups is 1. The Balaban J connectivity index is 1.71. The Bertz CT molecular complexity index is 924. The van der Waals surface area contributed by atoms with Crippen LogP contribution in [0.2, 0.25) is 0 Å². The van der Waals surface area contributed by atoms with Gasteiger partial charge < -0.3 is 20.6 Å². The van der Waals surface area contributed by atoms with Crippen LogP contribution in [0.4, 0.5) is 5.69 Å². The molecule has 9 heteroatoms. The molecule has 4 rings (SSSR count). The van der Waals surface area contributed by atoms with Gasteiger partial charge in [0.05, 0.1) is 23.2 Å². The van der Waals surface area contributed by atoms with Crippen LogP contribution in [0.3, 0.4) is 0 Å². The number of carbonyl (C=O) groups is 3. The molecule has 3 aliphatic heterocycles. The minimum Gasteiger partial charge on any atom is -0.395 e. The first-order chi connectivity index (χ1) is 15.3. The molecule has 3 saturated heterocycles. The zero-order valence-corrected chi connectivity index (χ0v) is 21.0. The molecule has 1 aromatic carbocycles. The van der Waals surface area contributed by atoms with Crippen LogP contribution < -0.4 is 10.6 Å². The van der Waals surface area contributed by atoms with Gasteiger partial charge in [-0.2, -0.15) is 0 Å². The number of nitrogens with one attached hydrogen (secondary N) is 2. The summed E-state index contributed by atoms with van der Waals surface area (Å²) in [5.41, 5.74) is 2.65. The number of amides is 3. The van der Waals surface area contributed by atoms with Gasteiger partial charge in [-0.25, -0.2) is 0 Å². The van der Waals surface area contributed by atoms with E-state index in [0.29, 0.717) is 13.0 Å². The van der Waals surface area contributed by atoms with Crippen LogP contribution in [-0.2, 0) is 14.4 Å². The van der Waals surface area contributed by atoms with Crippen LogP contribution in [0.25, 0.3) is 0 Å². The number of halogens is 1. The van der Waals surface area contributed by atoms with Gasteiger partial charge in [0, 0.05) is 28.9 Å². The van der Waals surface area contributed by atoms with E-state index in [1.807, 2.05) is 39.0 Å². The van der Waals surface area contributed by atoms with Gasteiger partial charge in [0.2, 0.25) is 17.7 Å². The standard InChI is InChI=1S/C23H30BrN3O4S/c1-4-8-25-20(29)15-16-22(31)27(9-10-28)19(23(16)11-14(24)18(15)32-23)21(30)26-17-12(2)6-5-7-13(17)3/h5-7,14-16,18-19,28H,4,8-11H2,1-3H3,(H,25,29)(H,26,30)/t14?,15-,16-,18-,19?,23?/m0/s1. The highest BCUT2D eigenvalue weighted by Crippen LogP contribution is 2.67. The number of carbonyl (C=O) groups excluding carboxylic acids is 3. The number of aliphatic hydroxyl groups excluding tert-OH is 1. The molecule has 32 heavy (non-hydrogen) atoms. The predicted octanol–water partition coefficient (Wildman–Crippen LogP) is 2.23. The molecule has 0 aliphatic carbocycles. The van der Waals surface area contributed by atoms with Crippen LogP contribution in [0, 0.1) is 25.7 Å². The summed E-state index contributed by atoms with van der Waals surface area (Å²) < 4.78 is -0.694. The highest BCUT2D eigenvalue weighted by molar-refractivity contribution is 9.09. The van der Waals surface area contributed by atoms with Crippen LogP contribution in [0.15, 0.2) is 18.2 Å². The molecule has 2 bridgehead atoms. The van der Waals surface area contributed by atoms with Gasteiger partial charge in [-0.05, 0) is 37.8 Å². The normalized spacial score (nSPS) is 32.8. The van der Waals surface area contributed by atoms with Gasteiger partial charge >= 0.3 is 0 Å². The molecule has 6 atom stereocenters. The fourth-order valence-electron chi connectivity index (χ4n) is 5.65. The molecule has 174 valence electrons. The van der Waals surface area contributed by atoms with E-state index in [1.165, 1.54) is 4.90 Å². The number of nitrogens with zero attached hydrogens (tertiary/aromatic N) is 1. The number of likely N-dealkylation sites (tertiary alicyclic amines) is 1. The minimum atomic E-state index is -0.745. The third kappa shape index (κ3) is 3.56. The lowest BCUT2D eigenvalue weighted by atomic mass is 9.70. The smallest absolute Gasteiger partial charge is 0.248 e. The molecule has 3 aliphatic rings. The third-order valence-electron chi connectivity index (χ3n) is 6.96. The maximum absolute atomic E-state index is 13.7. The molecule has 3 fully saturated rings. The second-order valence-electron chi connectivity index (χ2n) is 8.97. The van der Waals surface area contributed by atoms with Gasteiger partial charge in [-0.1, -0.05) is 41.1 Å². The molecule has 0 aromatic heterocycles. The molecule has 1 aromatic rings. The highest BCUT2D eigenvalue weighted by Gasteiger charge is 2.75. The molecule has 3 heterocycles. The van der Waals surface area contributed by atoms with Crippen molar-refractivity contribution in [3.05, 3.63) is 29.3 Å². The average molecular weight is 524 g/mol. The first-order valence-corrected chi connectivity index (χ1v) is 12.9. The van der Waals surface area contributed by atoms with E-state index < -0.39 is 22.6 Å². The summed E-state index contributed by atoms with van der Waals surface area (Å²) in [6.45, 7) is 6.26. The number of alkyl halides is 1. The second-order valence-corrected chi connectivity index (χ2v) is 11.7. The van der Waals surface area contributed by atoms with Gasteiger partial charge in [-0.3, -0.25) is 14.4 Å². The Hall–Kier alpha value is -1.58.